The van der Waals surface area contributed by atoms with E-state index in [4.69, 9.17) is 5.73 Å². The van der Waals surface area contributed by atoms with Crippen LogP contribution in [0.4, 0.5) is 0 Å². The molecule has 14 heavy (non-hydrogen) atoms. The Bertz CT molecular complexity index is 435. The Morgan fingerprint density at radius 2 is 2.21 bits per heavy atom. The number of aromatic nitrogens is 1. The van der Waals surface area contributed by atoms with Crippen molar-refractivity contribution in [3.8, 4) is 0 Å². The number of aromatic amines is 1. The summed E-state index contributed by atoms with van der Waals surface area (Å²) in [6, 6.07) is 2.03. The van der Waals surface area contributed by atoms with Gasteiger partial charge in [0, 0.05) is 17.8 Å². The fraction of sp³-hybridized carbons (Fsp3) is 0.545. The summed E-state index contributed by atoms with van der Waals surface area (Å²) in [5.74, 6) is 1.31. The molecule has 1 heterocycles. The van der Waals surface area contributed by atoms with Gasteiger partial charge in [-0.15, -0.1) is 0 Å². The largest absolute Gasteiger partial charge is 0.326 e. The molecule has 0 saturated heterocycles. The monoisotopic (exact) mass is 190 g/mol. The van der Waals surface area contributed by atoms with E-state index in [1.807, 2.05) is 6.07 Å². The molecule has 2 bridgehead atoms. The van der Waals surface area contributed by atoms with Crippen LogP contribution in [0.5, 0.6) is 0 Å². The Kier molecular flexibility index (Phi) is 1.59. The van der Waals surface area contributed by atoms with Gasteiger partial charge in [0.15, 0.2) is 0 Å². The van der Waals surface area contributed by atoms with Crippen LogP contribution in [0, 0.1) is 0 Å². The molecule has 0 aromatic carbocycles. The van der Waals surface area contributed by atoms with Crippen LogP contribution in [0.1, 0.15) is 47.9 Å². The van der Waals surface area contributed by atoms with E-state index in [1.165, 1.54) is 30.5 Å². The highest BCUT2D eigenvalue weighted by Gasteiger charge is 2.37. The van der Waals surface area contributed by atoms with Crippen molar-refractivity contribution in [1.82, 2.24) is 4.98 Å². The first-order valence-electron chi connectivity index (χ1n) is 5.25. The normalized spacial score (nSPS) is 28.1. The first kappa shape index (κ1) is 8.24. The minimum atomic E-state index is 0.0128. The lowest BCUT2D eigenvalue weighted by Crippen LogP contribution is -2.19. The predicted molar refractivity (Wildman–Crippen MR) is 54.3 cm³/mol. The fourth-order valence-electron chi connectivity index (χ4n) is 2.96. The second-order valence-corrected chi connectivity index (χ2v) is 4.40. The topological polar surface area (TPSA) is 58.9 Å². The molecule has 2 aliphatic carbocycles. The van der Waals surface area contributed by atoms with Gasteiger partial charge < -0.3 is 10.7 Å². The van der Waals surface area contributed by atoms with Crippen molar-refractivity contribution in [3.05, 3.63) is 33.2 Å². The molecule has 2 unspecified atom stereocenters. The summed E-state index contributed by atoms with van der Waals surface area (Å²) < 4.78 is 0. The second-order valence-electron chi connectivity index (χ2n) is 4.40. The zero-order valence-electron chi connectivity index (χ0n) is 8.05. The van der Waals surface area contributed by atoms with Gasteiger partial charge in [0.2, 0.25) is 0 Å². The van der Waals surface area contributed by atoms with Gasteiger partial charge in [0.1, 0.15) is 0 Å². The molecule has 2 aliphatic rings. The Morgan fingerprint density at radius 1 is 1.43 bits per heavy atom. The first-order chi connectivity index (χ1) is 6.79. The number of fused-ring (bicyclic) bond motifs is 5. The minimum Gasteiger partial charge on any atom is -0.326 e. The summed E-state index contributed by atoms with van der Waals surface area (Å²) >= 11 is 0. The van der Waals surface area contributed by atoms with Crippen LogP contribution in [-0.2, 0) is 6.54 Å². The molecule has 1 aromatic rings. The van der Waals surface area contributed by atoms with E-state index in [-0.39, 0.29) is 5.56 Å². The van der Waals surface area contributed by atoms with Crippen LogP contribution in [0.3, 0.4) is 0 Å². The van der Waals surface area contributed by atoms with Crippen molar-refractivity contribution >= 4 is 0 Å². The van der Waals surface area contributed by atoms with Gasteiger partial charge in [-0.2, -0.15) is 0 Å². The van der Waals surface area contributed by atoms with Crippen LogP contribution in [0.15, 0.2) is 10.9 Å². The van der Waals surface area contributed by atoms with Crippen molar-refractivity contribution in [3.63, 3.8) is 0 Å². The summed E-state index contributed by atoms with van der Waals surface area (Å²) in [4.78, 5) is 14.6. The summed E-state index contributed by atoms with van der Waals surface area (Å²) in [5, 5.41) is 0. The standard InChI is InChI=1S/C11H14N2O/c12-5-8-4-9-6-1-2-7(3-6)10(9)13-11(8)14/h4,6-7H,1-3,5,12H2,(H,13,14). The van der Waals surface area contributed by atoms with Crippen molar-refractivity contribution in [2.75, 3.05) is 0 Å². The Balaban J connectivity index is 2.21. The SMILES string of the molecule is NCc1cc2c([nH]c1=O)C1CCC2C1. The van der Waals surface area contributed by atoms with Gasteiger partial charge >= 0.3 is 0 Å². The lowest BCUT2D eigenvalue weighted by atomic mass is 9.95. The summed E-state index contributed by atoms with van der Waals surface area (Å²) in [5.41, 5.74) is 8.83. The van der Waals surface area contributed by atoms with Gasteiger partial charge in [-0.3, -0.25) is 4.79 Å². The van der Waals surface area contributed by atoms with Gasteiger partial charge in [-0.25, -0.2) is 0 Å². The third kappa shape index (κ3) is 0.932. The molecule has 74 valence electrons. The smallest absolute Gasteiger partial charge is 0.252 e. The molecule has 1 aromatic heterocycles. The first-order valence-corrected chi connectivity index (χ1v) is 5.25. The fourth-order valence-corrected chi connectivity index (χ4v) is 2.96. The molecule has 3 rings (SSSR count). The summed E-state index contributed by atoms with van der Waals surface area (Å²) in [6.07, 6.45) is 3.77. The van der Waals surface area contributed by atoms with E-state index < -0.39 is 0 Å². The number of nitrogens with one attached hydrogen (secondary N) is 1. The molecular formula is C11H14N2O. The number of pyridine rings is 1. The lowest BCUT2D eigenvalue weighted by molar-refractivity contribution is 0.690. The minimum absolute atomic E-state index is 0.0128. The molecule has 0 spiro atoms. The average Bonchev–Trinajstić information content (AvgIpc) is 2.77. The van der Waals surface area contributed by atoms with Gasteiger partial charge in [0.25, 0.3) is 5.56 Å². The highest BCUT2D eigenvalue weighted by molar-refractivity contribution is 5.38. The van der Waals surface area contributed by atoms with Crippen LogP contribution >= 0.6 is 0 Å². The highest BCUT2D eigenvalue weighted by Crippen LogP contribution is 2.51. The average molecular weight is 190 g/mol. The highest BCUT2D eigenvalue weighted by atomic mass is 16.1. The van der Waals surface area contributed by atoms with E-state index in [2.05, 4.69) is 4.98 Å². The molecule has 0 amide bonds. The molecule has 3 N–H and O–H groups in total. The molecule has 0 aliphatic heterocycles. The van der Waals surface area contributed by atoms with Crippen molar-refractivity contribution in [2.24, 2.45) is 5.73 Å². The van der Waals surface area contributed by atoms with Crippen LogP contribution in [0.2, 0.25) is 0 Å². The zero-order chi connectivity index (χ0) is 9.71. The molecule has 3 heteroatoms. The van der Waals surface area contributed by atoms with Gasteiger partial charge in [-0.05, 0) is 42.7 Å². The summed E-state index contributed by atoms with van der Waals surface area (Å²) in [7, 11) is 0. The van der Waals surface area contributed by atoms with Crippen molar-refractivity contribution in [1.29, 1.82) is 0 Å². The molecule has 1 fully saturated rings. The molecule has 0 radical (unpaired) electrons. The maximum absolute atomic E-state index is 11.6. The van der Waals surface area contributed by atoms with Crippen LogP contribution in [0.25, 0.3) is 0 Å². The molecule has 2 atom stereocenters. The number of rotatable bonds is 1. The van der Waals surface area contributed by atoms with Crippen LogP contribution < -0.4 is 11.3 Å². The van der Waals surface area contributed by atoms with E-state index >= 15 is 0 Å². The molecule has 3 nitrogen and oxygen atoms in total. The van der Waals surface area contributed by atoms with Gasteiger partial charge in [0.05, 0.1) is 0 Å². The van der Waals surface area contributed by atoms with Crippen molar-refractivity contribution < 1.29 is 0 Å². The molecular weight excluding hydrogens is 176 g/mol. The maximum Gasteiger partial charge on any atom is 0.252 e. The predicted octanol–water partition coefficient (Wildman–Crippen LogP) is 1.20. The maximum atomic E-state index is 11.6. The quantitative estimate of drug-likeness (QED) is 0.699. The molecule has 1 saturated carbocycles. The van der Waals surface area contributed by atoms with Crippen molar-refractivity contribution in [2.45, 2.75) is 37.6 Å². The Labute approximate surface area is 82.3 Å². The third-order valence-corrected chi connectivity index (χ3v) is 3.68. The Hall–Kier alpha value is -1.09. The summed E-state index contributed by atoms with van der Waals surface area (Å²) in [6.45, 7) is 0.347. The number of H-pyrrole nitrogens is 1. The third-order valence-electron chi connectivity index (χ3n) is 3.68. The van der Waals surface area contributed by atoms with E-state index in [0.717, 1.165) is 5.56 Å². The zero-order valence-corrected chi connectivity index (χ0v) is 8.05. The number of hydrogen-bond acceptors (Lipinski definition) is 2. The number of hydrogen-bond donors (Lipinski definition) is 2. The Morgan fingerprint density at radius 3 is 3.00 bits per heavy atom. The van der Waals surface area contributed by atoms with E-state index in [0.29, 0.717) is 18.4 Å². The van der Waals surface area contributed by atoms with E-state index in [1.54, 1.807) is 0 Å². The number of nitrogens with two attached hydrogens (primary N) is 1. The second kappa shape index (κ2) is 2.70. The lowest BCUT2D eigenvalue weighted by Gasteiger charge is -2.14. The van der Waals surface area contributed by atoms with Gasteiger partial charge in [-0.1, -0.05) is 0 Å². The van der Waals surface area contributed by atoms with E-state index in [9.17, 15) is 4.79 Å². The van der Waals surface area contributed by atoms with Crippen LogP contribution in [-0.4, -0.2) is 4.98 Å².